The number of rotatable bonds is 9. The maximum atomic E-state index is 13.8. The van der Waals surface area contributed by atoms with E-state index in [0.29, 0.717) is 34.7 Å². The van der Waals surface area contributed by atoms with Crippen LogP contribution in [0.2, 0.25) is 0 Å². The van der Waals surface area contributed by atoms with Crippen molar-refractivity contribution in [3.63, 3.8) is 0 Å². The Morgan fingerprint density at radius 3 is 2.38 bits per heavy atom. The van der Waals surface area contributed by atoms with Gasteiger partial charge in [0.15, 0.2) is 9.84 Å². The number of hydrogen-bond donors (Lipinski definition) is 1. The number of fused-ring (bicyclic) bond motifs is 1. The van der Waals surface area contributed by atoms with Crippen LogP contribution in [0, 0.1) is 0 Å². The lowest BCUT2D eigenvalue weighted by Crippen LogP contribution is -2.44. The molecule has 4 aromatic rings. The summed E-state index contributed by atoms with van der Waals surface area (Å²) in [6.07, 6.45) is 1.70. The summed E-state index contributed by atoms with van der Waals surface area (Å²) in [6, 6.07) is 16.4. The quantitative estimate of drug-likeness (QED) is 0.312. The van der Waals surface area contributed by atoms with E-state index >= 15 is 0 Å². The van der Waals surface area contributed by atoms with Gasteiger partial charge in [-0.15, -0.1) is 0 Å². The van der Waals surface area contributed by atoms with E-state index < -0.39 is 9.84 Å². The number of nitrogens with one attached hydrogen (secondary N) is 1. The van der Waals surface area contributed by atoms with Gasteiger partial charge in [0.2, 0.25) is 5.95 Å². The van der Waals surface area contributed by atoms with Gasteiger partial charge in [-0.05, 0) is 83.0 Å². The number of nitrogens with zero attached hydrogens (tertiary/aromatic N) is 6. The number of aromatic nitrogens is 3. The summed E-state index contributed by atoms with van der Waals surface area (Å²) in [5, 5.41) is 3.96. The Labute approximate surface area is 247 Å². The Balaban J connectivity index is 1.45. The monoisotopic (exact) mass is 589 g/mol. The second kappa shape index (κ2) is 12.2. The van der Waals surface area contributed by atoms with E-state index in [1.807, 2.05) is 45.0 Å². The molecule has 0 bridgehead atoms. The fraction of sp³-hybridized carbons (Fsp3) is 0.387. The number of sulfone groups is 1. The molecule has 0 aliphatic carbocycles. The predicted octanol–water partition coefficient (Wildman–Crippen LogP) is 3.87. The number of piperazine rings is 1. The van der Waals surface area contributed by atoms with Crippen molar-refractivity contribution in [2.75, 3.05) is 69.8 Å². The number of hydrogen-bond acceptors (Lipinski definition) is 9. The van der Waals surface area contributed by atoms with Gasteiger partial charge in [0, 0.05) is 67.3 Å². The molecule has 11 heteroatoms. The zero-order valence-electron chi connectivity index (χ0n) is 24.9. The van der Waals surface area contributed by atoms with Gasteiger partial charge in [-0.3, -0.25) is 9.36 Å². The van der Waals surface area contributed by atoms with Gasteiger partial charge in [0.1, 0.15) is 5.65 Å². The first-order valence-corrected chi connectivity index (χ1v) is 15.9. The standard InChI is InChI=1S/C31H39N7O3S/c1-22(2)38-29-24(20-28(30(38)39)23-7-6-8-27(19-23)42(40,41)18-17-35(3)4)21-32-31(34-29)33-25-9-11-26(12-10-25)37-15-13-36(5)14-16-37/h6-12,19-22H,13-18H2,1-5H3,(H,32,33,34). The van der Waals surface area contributed by atoms with Crippen LogP contribution >= 0.6 is 0 Å². The van der Waals surface area contributed by atoms with Crippen LogP contribution in [0.15, 0.2) is 70.5 Å². The van der Waals surface area contributed by atoms with Crippen LogP contribution in [0.25, 0.3) is 22.2 Å². The summed E-state index contributed by atoms with van der Waals surface area (Å²) < 4.78 is 27.5. The molecule has 0 unspecified atom stereocenters. The molecule has 0 atom stereocenters. The van der Waals surface area contributed by atoms with Crippen molar-refractivity contribution in [1.29, 1.82) is 0 Å². The van der Waals surface area contributed by atoms with Crippen LogP contribution in [-0.2, 0) is 9.84 Å². The van der Waals surface area contributed by atoms with Crippen LogP contribution in [0.3, 0.4) is 0 Å². The topological polar surface area (TPSA) is 104 Å². The molecule has 1 aliphatic heterocycles. The molecular formula is C31H39N7O3S. The normalized spacial score (nSPS) is 14.7. The molecule has 2 aromatic carbocycles. The van der Waals surface area contributed by atoms with E-state index in [0.717, 1.165) is 31.9 Å². The molecule has 1 fully saturated rings. The summed E-state index contributed by atoms with van der Waals surface area (Å²) in [5.41, 5.74) is 3.27. The van der Waals surface area contributed by atoms with Crippen molar-refractivity contribution < 1.29 is 8.42 Å². The number of likely N-dealkylation sites (N-methyl/N-ethyl adjacent to an activating group) is 1. The van der Waals surface area contributed by atoms with Gasteiger partial charge in [0.25, 0.3) is 5.56 Å². The van der Waals surface area contributed by atoms with Crippen molar-refractivity contribution in [3.8, 4) is 11.1 Å². The minimum Gasteiger partial charge on any atom is -0.369 e. The fourth-order valence-corrected chi connectivity index (χ4v) is 6.53. The SMILES string of the molecule is CC(C)n1c(=O)c(-c2cccc(S(=O)(=O)CCN(C)C)c2)cc2cnc(Nc3ccc(N4CCN(C)CC4)cc3)nc21. The lowest BCUT2D eigenvalue weighted by atomic mass is 10.1. The van der Waals surface area contributed by atoms with E-state index in [1.165, 1.54) is 5.69 Å². The summed E-state index contributed by atoms with van der Waals surface area (Å²) in [4.78, 5) is 29.8. The summed E-state index contributed by atoms with van der Waals surface area (Å²) in [5.74, 6) is 0.393. The molecule has 0 saturated carbocycles. The Morgan fingerprint density at radius 2 is 1.71 bits per heavy atom. The number of pyridine rings is 1. The minimum atomic E-state index is -3.50. The molecule has 1 aliphatic rings. The highest BCUT2D eigenvalue weighted by molar-refractivity contribution is 7.91. The average molecular weight is 590 g/mol. The zero-order chi connectivity index (χ0) is 30.0. The molecule has 1 saturated heterocycles. The molecule has 0 amide bonds. The Kier molecular flexibility index (Phi) is 8.63. The first-order valence-electron chi connectivity index (χ1n) is 14.2. The number of benzene rings is 2. The van der Waals surface area contributed by atoms with Crippen molar-refractivity contribution in [1.82, 2.24) is 24.3 Å². The third kappa shape index (κ3) is 6.48. The molecule has 0 radical (unpaired) electrons. The first kappa shape index (κ1) is 29.7. The van der Waals surface area contributed by atoms with E-state index in [-0.39, 0.29) is 22.2 Å². The van der Waals surface area contributed by atoms with Crippen LogP contribution in [-0.4, -0.2) is 92.4 Å². The molecule has 3 heterocycles. The zero-order valence-corrected chi connectivity index (χ0v) is 25.7. The van der Waals surface area contributed by atoms with Gasteiger partial charge in [-0.2, -0.15) is 4.98 Å². The van der Waals surface area contributed by atoms with Crippen molar-refractivity contribution in [2.45, 2.75) is 24.8 Å². The smallest absolute Gasteiger partial charge is 0.260 e. The molecule has 0 spiro atoms. The van der Waals surface area contributed by atoms with E-state index in [4.69, 9.17) is 4.98 Å². The highest BCUT2D eigenvalue weighted by atomic mass is 32.2. The lowest BCUT2D eigenvalue weighted by Gasteiger charge is -2.34. The molecular weight excluding hydrogens is 550 g/mol. The van der Waals surface area contributed by atoms with Gasteiger partial charge in [-0.25, -0.2) is 13.4 Å². The van der Waals surface area contributed by atoms with Crippen LogP contribution in [0.1, 0.15) is 19.9 Å². The van der Waals surface area contributed by atoms with Crippen molar-refractivity contribution in [3.05, 3.63) is 71.1 Å². The van der Waals surface area contributed by atoms with E-state index in [9.17, 15) is 13.2 Å². The van der Waals surface area contributed by atoms with Crippen LogP contribution in [0.5, 0.6) is 0 Å². The highest BCUT2D eigenvalue weighted by Gasteiger charge is 2.19. The fourth-order valence-electron chi connectivity index (χ4n) is 5.09. The van der Waals surface area contributed by atoms with Gasteiger partial charge in [-0.1, -0.05) is 12.1 Å². The molecule has 5 rings (SSSR count). The maximum absolute atomic E-state index is 13.8. The summed E-state index contributed by atoms with van der Waals surface area (Å²) >= 11 is 0. The maximum Gasteiger partial charge on any atom is 0.260 e. The lowest BCUT2D eigenvalue weighted by molar-refractivity contribution is 0.313. The largest absolute Gasteiger partial charge is 0.369 e. The second-order valence-electron chi connectivity index (χ2n) is 11.4. The third-order valence-electron chi connectivity index (χ3n) is 7.59. The molecule has 1 N–H and O–H groups in total. The average Bonchev–Trinajstić information content (AvgIpc) is 2.96. The Morgan fingerprint density at radius 1 is 1.00 bits per heavy atom. The van der Waals surface area contributed by atoms with Gasteiger partial charge in [0.05, 0.1) is 10.6 Å². The summed E-state index contributed by atoms with van der Waals surface area (Å²) in [6.45, 7) is 8.37. The van der Waals surface area contributed by atoms with Gasteiger partial charge < -0.3 is 20.0 Å². The highest BCUT2D eigenvalue weighted by Crippen LogP contribution is 2.26. The molecule has 10 nitrogen and oxygen atoms in total. The number of anilines is 3. The van der Waals surface area contributed by atoms with E-state index in [1.54, 1.807) is 41.1 Å². The summed E-state index contributed by atoms with van der Waals surface area (Å²) in [7, 11) is 2.32. The predicted molar refractivity (Wildman–Crippen MR) is 170 cm³/mol. The van der Waals surface area contributed by atoms with Crippen molar-refractivity contribution in [2.24, 2.45) is 0 Å². The third-order valence-corrected chi connectivity index (χ3v) is 9.29. The Bertz CT molecular complexity index is 1730. The Hall–Kier alpha value is -3.80. The molecule has 2 aromatic heterocycles. The molecule has 222 valence electrons. The second-order valence-corrected chi connectivity index (χ2v) is 13.5. The van der Waals surface area contributed by atoms with Gasteiger partial charge >= 0.3 is 0 Å². The van der Waals surface area contributed by atoms with Crippen LogP contribution < -0.4 is 15.8 Å². The minimum absolute atomic E-state index is 0.000400. The van der Waals surface area contributed by atoms with E-state index in [2.05, 4.69) is 39.3 Å². The first-order chi connectivity index (χ1) is 20.0. The van der Waals surface area contributed by atoms with Crippen molar-refractivity contribution >= 4 is 38.2 Å². The van der Waals surface area contributed by atoms with Crippen LogP contribution in [0.4, 0.5) is 17.3 Å². The molecule has 42 heavy (non-hydrogen) atoms.